The number of piperazine rings is 1. The lowest BCUT2D eigenvalue weighted by molar-refractivity contribution is 0.0200. The molecule has 1 saturated heterocycles. The molecule has 2 aliphatic rings. The van der Waals surface area contributed by atoms with Gasteiger partial charge in [0.1, 0.15) is 0 Å². The summed E-state index contributed by atoms with van der Waals surface area (Å²) in [5.74, 6) is -0.134. The molecule has 1 aliphatic carbocycles. The predicted octanol–water partition coefficient (Wildman–Crippen LogP) is 1.70. The molecular weight excluding hydrogens is 390 g/mol. The van der Waals surface area contributed by atoms with Crippen LogP contribution in [-0.4, -0.2) is 82.9 Å². The molecule has 1 aromatic heterocycles. The van der Waals surface area contributed by atoms with Gasteiger partial charge in [-0.2, -0.15) is 10.2 Å². The number of carbonyl (C=O) groups excluding carboxylic acids is 1. The van der Waals surface area contributed by atoms with Gasteiger partial charge in [0.15, 0.2) is 0 Å². The Morgan fingerprint density at radius 3 is 2.55 bits per heavy atom. The Morgan fingerprint density at radius 1 is 1.10 bits per heavy atom. The zero-order valence-corrected chi connectivity index (χ0v) is 18.3. The van der Waals surface area contributed by atoms with Gasteiger partial charge in [-0.3, -0.25) is 9.69 Å². The molecule has 2 fully saturated rings. The van der Waals surface area contributed by atoms with E-state index < -0.39 is 0 Å². The van der Waals surface area contributed by atoms with Crippen molar-refractivity contribution in [3.63, 3.8) is 0 Å². The molecule has 7 nitrogen and oxygen atoms in total. The van der Waals surface area contributed by atoms with Crippen molar-refractivity contribution in [1.82, 2.24) is 25.3 Å². The van der Waals surface area contributed by atoms with Crippen LogP contribution in [0.5, 0.6) is 0 Å². The maximum Gasteiger partial charge on any atom is 0.253 e. The van der Waals surface area contributed by atoms with E-state index in [4.69, 9.17) is 0 Å². The first-order valence-electron chi connectivity index (χ1n) is 11.3. The Bertz CT molecular complexity index is 842. The number of benzene rings is 1. The largest absolute Gasteiger partial charge is 0.391 e. The maximum absolute atomic E-state index is 12.7. The van der Waals surface area contributed by atoms with E-state index in [0.29, 0.717) is 12.1 Å². The van der Waals surface area contributed by atoms with Crippen molar-refractivity contribution < 1.29 is 9.90 Å². The van der Waals surface area contributed by atoms with Crippen molar-refractivity contribution in [3.05, 3.63) is 59.9 Å². The van der Waals surface area contributed by atoms with Gasteiger partial charge in [0.05, 0.1) is 24.1 Å². The van der Waals surface area contributed by atoms with Crippen molar-refractivity contribution in [2.45, 2.75) is 43.2 Å². The Kier molecular flexibility index (Phi) is 6.95. The van der Waals surface area contributed by atoms with Crippen molar-refractivity contribution in [2.24, 2.45) is 0 Å². The highest BCUT2D eigenvalue weighted by Crippen LogP contribution is 2.39. The minimum atomic E-state index is -0.339. The molecule has 4 rings (SSSR count). The number of carbonyl (C=O) groups is 1. The summed E-state index contributed by atoms with van der Waals surface area (Å²) in [7, 11) is 2.16. The van der Waals surface area contributed by atoms with Crippen LogP contribution >= 0.6 is 0 Å². The number of rotatable bonds is 5. The average Bonchev–Trinajstić information content (AvgIpc) is 2.99. The number of aromatic nitrogens is 2. The van der Waals surface area contributed by atoms with Crippen LogP contribution in [0, 0.1) is 0 Å². The molecule has 2 heterocycles. The van der Waals surface area contributed by atoms with Gasteiger partial charge >= 0.3 is 0 Å². The summed E-state index contributed by atoms with van der Waals surface area (Å²) in [6.07, 6.45) is 6.12. The second kappa shape index (κ2) is 9.85. The summed E-state index contributed by atoms with van der Waals surface area (Å²) >= 11 is 0. The van der Waals surface area contributed by atoms with E-state index in [-0.39, 0.29) is 23.5 Å². The van der Waals surface area contributed by atoms with Gasteiger partial charge in [0.2, 0.25) is 0 Å². The molecular formula is C24H33N5O2. The van der Waals surface area contributed by atoms with E-state index in [2.05, 4.69) is 56.6 Å². The van der Waals surface area contributed by atoms with Gasteiger partial charge in [0, 0.05) is 44.2 Å². The van der Waals surface area contributed by atoms with Gasteiger partial charge < -0.3 is 15.3 Å². The maximum atomic E-state index is 12.7. The first-order chi connectivity index (χ1) is 15.1. The first kappa shape index (κ1) is 21.9. The van der Waals surface area contributed by atoms with E-state index in [1.54, 1.807) is 6.07 Å². The lowest BCUT2D eigenvalue weighted by Gasteiger charge is -2.39. The molecule has 7 heteroatoms. The summed E-state index contributed by atoms with van der Waals surface area (Å²) in [5, 5.41) is 21.8. The summed E-state index contributed by atoms with van der Waals surface area (Å²) in [6.45, 7) is 4.64. The lowest BCUT2D eigenvalue weighted by atomic mass is 9.74. The fourth-order valence-corrected chi connectivity index (χ4v) is 5.07. The molecule has 166 valence electrons. The van der Waals surface area contributed by atoms with Gasteiger partial charge in [-0.15, -0.1) is 0 Å². The van der Waals surface area contributed by atoms with E-state index in [9.17, 15) is 9.90 Å². The van der Waals surface area contributed by atoms with Gasteiger partial charge in [-0.05, 0) is 44.4 Å². The minimum Gasteiger partial charge on any atom is -0.391 e. The van der Waals surface area contributed by atoms with Gasteiger partial charge in [-0.1, -0.05) is 30.3 Å². The summed E-state index contributed by atoms with van der Waals surface area (Å²) in [5.41, 5.74) is 1.55. The molecule has 2 N–H and O–H groups in total. The van der Waals surface area contributed by atoms with Crippen molar-refractivity contribution in [3.8, 4) is 0 Å². The van der Waals surface area contributed by atoms with Gasteiger partial charge in [-0.25, -0.2) is 0 Å². The van der Waals surface area contributed by atoms with E-state index >= 15 is 0 Å². The highest BCUT2D eigenvalue weighted by molar-refractivity contribution is 5.93. The van der Waals surface area contributed by atoms with E-state index in [0.717, 1.165) is 51.9 Å². The number of amides is 1. The molecule has 0 unspecified atom stereocenters. The minimum absolute atomic E-state index is 0.134. The molecule has 1 saturated carbocycles. The molecule has 3 atom stereocenters. The lowest BCUT2D eigenvalue weighted by Crippen LogP contribution is -2.52. The van der Waals surface area contributed by atoms with Crippen LogP contribution in [-0.2, 0) is 5.41 Å². The summed E-state index contributed by atoms with van der Waals surface area (Å²) in [4.78, 5) is 17.5. The van der Waals surface area contributed by atoms with Crippen LogP contribution in [0.15, 0.2) is 48.8 Å². The highest BCUT2D eigenvalue weighted by Gasteiger charge is 2.40. The number of aliphatic hydroxyl groups excluding tert-OH is 1. The predicted molar refractivity (Wildman–Crippen MR) is 120 cm³/mol. The Hall–Kier alpha value is -2.35. The molecule has 1 aliphatic heterocycles. The van der Waals surface area contributed by atoms with Crippen molar-refractivity contribution in [1.29, 1.82) is 0 Å². The van der Waals surface area contributed by atoms with E-state index in [1.165, 1.54) is 18.0 Å². The Balaban J connectivity index is 1.52. The SMILES string of the molecule is CN1CCN([C@H]2CC[C@](CNC(=O)c3ccnnc3)(c3ccccc3)CC[C@@H]2O)CC1. The average molecular weight is 424 g/mol. The number of hydrogen-bond donors (Lipinski definition) is 2. The van der Waals surface area contributed by atoms with Crippen molar-refractivity contribution >= 4 is 5.91 Å². The smallest absolute Gasteiger partial charge is 0.253 e. The molecule has 0 radical (unpaired) electrons. The fraction of sp³-hybridized carbons (Fsp3) is 0.542. The summed E-state index contributed by atoms with van der Waals surface area (Å²) in [6, 6.07) is 12.3. The number of aliphatic hydroxyl groups is 1. The van der Waals surface area contributed by atoms with Gasteiger partial charge in [0.25, 0.3) is 5.91 Å². The molecule has 1 amide bonds. The third-order valence-electron chi connectivity index (χ3n) is 7.11. The molecule has 31 heavy (non-hydrogen) atoms. The number of hydrogen-bond acceptors (Lipinski definition) is 6. The zero-order chi connectivity index (χ0) is 21.7. The number of likely N-dealkylation sites (N-methyl/N-ethyl adjacent to an activating group) is 1. The molecule has 0 spiro atoms. The zero-order valence-electron chi connectivity index (χ0n) is 18.3. The highest BCUT2D eigenvalue weighted by atomic mass is 16.3. The third kappa shape index (κ3) is 5.11. The summed E-state index contributed by atoms with van der Waals surface area (Å²) < 4.78 is 0. The van der Waals surface area contributed by atoms with Crippen molar-refractivity contribution in [2.75, 3.05) is 39.8 Å². The number of nitrogens with one attached hydrogen (secondary N) is 1. The second-order valence-corrected chi connectivity index (χ2v) is 9.01. The monoisotopic (exact) mass is 423 g/mol. The van der Waals surface area contributed by atoms with Crippen LogP contribution in [0.1, 0.15) is 41.6 Å². The normalized spacial score (nSPS) is 28.1. The third-order valence-corrected chi connectivity index (χ3v) is 7.11. The quantitative estimate of drug-likeness (QED) is 0.713. The van der Waals surface area contributed by atoms with Crippen LogP contribution in [0.3, 0.4) is 0 Å². The fourth-order valence-electron chi connectivity index (χ4n) is 5.07. The standard InChI is InChI=1S/C24H33N5O2/c1-28-13-15-29(16-14-28)21-7-10-24(11-8-22(21)30,20-5-3-2-4-6-20)18-25-23(31)19-9-12-26-27-17-19/h2-6,9,12,17,21-22,30H,7-8,10-11,13-16,18H2,1H3,(H,25,31)/t21-,22-,24-/m0/s1. The van der Waals surface area contributed by atoms with Crippen LogP contribution in [0.25, 0.3) is 0 Å². The van der Waals surface area contributed by atoms with Crippen LogP contribution in [0.2, 0.25) is 0 Å². The van der Waals surface area contributed by atoms with Crippen LogP contribution < -0.4 is 5.32 Å². The Morgan fingerprint density at radius 2 is 1.84 bits per heavy atom. The molecule has 2 aromatic rings. The molecule has 1 aromatic carbocycles. The Labute approximate surface area is 184 Å². The van der Waals surface area contributed by atoms with Crippen LogP contribution in [0.4, 0.5) is 0 Å². The topological polar surface area (TPSA) is 81.6 Å². The first-order valence-corrected chi connectivity index (χ1v) is 11.3. The number of nitrogens with zero attached hydrogens (tertiary/aromatic N) is 4. The molecule has 0 bridgehead atoms. The van der Waals surface area contributed by atoms with E-state index in [1.807, 2.05) is 6.07 Å². The second-order valence-electron chi connectivity index (χ2n) is 9.01.